The average molecular weight is 769 g/mol. The highest BCUT2D eigenvalue weighted by atomic mass is 15.2. The van der Waals surface area contributed by atoms with Crippen LogP contribution in [-0.2, 0) is 10.8 Å². The lowest BCUT2D eigenvalue weighted by atomic mass is 9.82. The molecule has 0 saturated heterocycles. The molecule has 0 unspecified atom stereocenters. The van der Waals surface area contributed by atoms with Gasteiger partial charge in [-0.3, -0.25) is 0 Å². The molecule has 60 heavy (non-hydrogen) atoms. The first-order chi connectivity index (χ1) is 29.3. The van der Waals surface area contributed by atoms with Crippen LogP contribution in [0, 0.1) is 0 Å². The van der Waals surface area contributed by atoms with Crippen molar-refractivity contribution in [1.82, 2.24) is 4.57 Å². The van der Waals surface area contributed by atoms with Gasteiger partial charge in [0, 0.05) is 43.8 Å². The van der Waals surface area contributed by atoms with E-state index in [0.29, 0.717) is 0 Å². The highest BCUT2D eigenvalue weighted by molar-refractivity contribution is 6.13. The van der Waals surface area contributed by atoms with Crippen molar-refractivity contribution < 1.29 is 0 Å². The van der Waals surface area contributed by atoms with Gasteiger partial charge in [0.1, 0.15) is 0 Å². The number of anilines is 3. The number of aromatic nitrogens is 1. The average Bonchev–Trinajstić information content (AvgIpc) is 3.84. The van der Waals surface area contributed by atoms with Crippen molar-refractivity contribution >= 4 is 49.6 Å². The number of rotatable bonds is 5. The highest BCUT2D eigenvalue weighted by Gasteiger charge is 2.41. The summed E-state index contributed by atoms with van der Waals surface area (Å²) < 4.78 is 2.39. The second kappa shape index (κ2) is 12.7. The molecule has 0 spiro atoms. The van der Waals surface area contributed by atoms with Crippen LogP contribution in [0.3, 0.4) is 0 Å². The molecule has 2 aliphatic rings. The third-order valence-corrected chi connectivity index (χ3v) is 13.8. The van der Waals surface area contributed by atoms with Crippen molar-refractivity contribution in [3.63, 3.8) is 0 Å². The van der Waals surface area contributed by atoms with Gasteiger partial charge in [-0.2, -0.15) is 0 Å². The molecule has 2 aliphatic carbocycles. The van der Waals surface area contributed by atoms with Gasteiger partial charge in [-0.25, -0.2) is 0 Å². The Kier molecular flexibility index (Phi) is 7.36. The fraction of sp³-hybridized carbons (Fsp3) is 0.103. The fourth-order valence-electron chi connectivity index (χ4n) is 11.0. The van der Waals surface area contributed by atoms with Crippen molar-refractivity contribution in [2.24, 2.45) is 0 Å². The molecule has 0 aliphatic heterocycles. The van der Waals surface area contributed by atoms with Crippen molar-refractivity contribution in [2.75, 3.05) is 4.90 Å². The van der Waals surface area contributed by atoms with E-state index in [0.717, 1.165) is 0 Å². The molecule has 286 valence electrons. The monoisotopic (exact) mass is 768 g/mol. The lowest BCUT2D eigenvalue weighted by molar-refractivity contribution is 0.660. The standard InChI is InChI=1S/C58H44N2/c1-57(2)46-25-13-10-23-43(46)55-48(57)27-16-30-53(55)60(54-31-17-28-49-56(54)44-24-11-14-26-47(44)58(49,3)4)51-35-33-39(40-20-8-9-21-41(40)51)37-32-34-52-45(36-37)42-22-12-15-29-50(42)59(52)38-18-6-5-7-19-38/h5-36H,1-4H3. The summed E-state index contributed by atoms with van der Waals surface area (Å²) in [6, 6.07) is 72.3. The summed E-state index contributed by atoms with van der Waals surface area (Å²) in [7, 11) is 0. The number of hydrogen-bond donors (Lipinski definition) is 0. The molecule has 10 aromatic rings. The molecule has 0 bridgehead atoms. The topological polar surface area (TPSA) is 8.17 Å². The third-order valence-electron chi connectivity index (χ3n) is 13.8. The molecule has 0 atom stereocenters. The molecular formula is C58H44N2. The van der Waals surface area contributed by atoms with E-state index in [9.17, 15) is 0 Å². The molecule has 0 fully saturated rings. The van der Waals surface area contributed by atoms with Gasteiger partial charge in [-0.1, -0.05) is 173 Å². The van der Waals surface area contributed by atoms with Crippen LogP contribution >= 0.6 is 0 Å². The first kappa shape index (κ1) is 34.8. The van der Waals surface area contributed by atoms with Crippen LogP contribution < -0.4 is 4.90 Å². The molecule has 0 amide bonds. The minimum absolute atomic E-state index is 0.130. The maximum Gasteiger partial charge on any atom is 0.0543 e. The Morgan fingerprint density at radius 1 is 0.350 bits per heavy atom. The first-order valence-electron chi connectivity index (χ1n) is 21.2. The van der Waals surface area contributed by atoms with E-state index in [1.54, 1.807) is 0 Å². The number of para-hydroxylation sites is 2. The van der Waals surface area contributed by atoms with Gasteiger partial charge in [0.25, 0.3) is 0 Å². The minimum Gasteiger partial charge on any atom is -0.309 e. The van der Waals surface area contributed by atoms with Crippen molar-refractivity contribution in [1.29, 1.82) is 0 Å². The van der Waals surface area contributed by atoms with Gasteiger partial charge >= 0.3 is 0 Å². The minimum atomic E-state index is -0.130. The van der Waals surface area contributed by atoms with Gasteiger partial charge in [0.05, 0.1) is 28.1 Å². The van der Waals surface area contributed by atoms with Crippen LogP contribution in [0.5, 0.6) is 0 Å². The zero-order valence-electron chi connectivity index (χ0n) is 34.4. The Labute approximate surface area is 351 Å². The lowest BCUT2D eigenvalue weighted by Crippen LogP contribution is -2.17. The van der Waals surface area contributed by atoms with Gasteiger partial charge in [-0.05, 0) is 98.4 Å². The molecular weight excluding hydrogens is 725 g/mol. The van der Waals surface area contributed by atoms with Crippen molar-refractivity contribution in [3.8, 4) is 39.1 Å². The van der Waals surface area contributed by atoms with Gasteiger partial charge < -0.3 is 9.47 Å². The van der Waals surface area contributed by atoms with E-state index in [-0.39, 0.29) is 10.8 Å². The predicted octanol–water partition coefficient (Wildman–Crippen LogP) is 15.7. The number of nitrogens with zero attached hydrogens (tertiary/aromatic N) is 2. The summed E-state index contributed by atoms with van der Waals surface area (Å²) in [4.78, 5) is 2.59. The van der Waals surface area contributed by atoms with E-state index < -0.39 is 0 Å². The summed E-state index contributed by atoms with van der Waals surface area (Å²) in [5.41, 5.74) is 20.1. The molecule has 9 aromatic carbocycles. The number of benzene rings is 9. The summed E-state index contributed by atoms with van der Waals surface area (Å²) in [5.74, 6) is 0. The van der Waals surface area contributed by atoms with E-state index in [1.165, 1.54) is 111 Å². The van der Waals surface area contributed by atoms with Gasteiger partial charge in [0.2, 0.25) is 0 Å². The Bertz CT molecular complexity index is 3270. The predicted molar refractivity (Wildman–Crippen MR) is 254 cm³/mol. The lowest BCUT2D eigenvalue weighted by Gasteiger charge is -2.32. The molecule has 0 saturated carbocycles. The fourth-order valence-corrected chi connectivity index (χ4v) is 11.0. The van der Waals surface area contributed by atoms with Crippen LogP contribution in [-0.4, -0.2) is 4.57 Å². The smallest absolute Gasteiger partial charge is 0.0543 e. The van der Waals surface area contributed by atoms with Crippen LogP contribution in [0.1, 0.15) is 49.9 Å². The molecule has 0 N–H and O–H groups in total. The largest absolute Gasteiger partial charge is 0.309 e. The summed E-state index contributed by atoms with van der Waals surface area (Å²) >= 11 is 0. The number of fused-ring (bicyclic) bond motifs is 10. The van der Waals surface area contributed by atoms with Gasteiger partial charge in [0.15, 0.2) is 0 Å². The van der Waals surface area contributed by atoms with E-state index in [4.69, 9.17) is 0 Å². The van der Waals surface area contributed by atoms with E-state index in [1.807, 2.05) is 0 Å². The number of hydrogen-bond acceptors (Lipinski definition) is 1. The zero-order valence-corrected chi connectivity index (χ0v) is 34.4. The molecule has 2 nitrogen and oxygen atoms in total. The third kappa shape index (κ3) is 4.76. The maximum absolute atomic E-state index is 2.59. The summed E-state index contributed by atoms with van der Waals surface area (Å²) in [6.45, 7) is 9.51. The molecule has 2 heteroatoms. The van der Waals surface area contributed by atoms with Gasteiger partial charge in [-0.15, -0.1) is 0 Å². The molecule has 0 radical (unpaired) electrons. The van der Waals surface area contributed by atoms with Crippen molar-refractivity contribution in [3.05, 3.63) is 216 Å². The maximum atomic E-state index is 2.59. The van der Waals surface area contributed by atoms with E-state index in [2.05, 4.69) is 231 Å². The first-order valence-corrected chi connectivity index (χ1v) is 21.2. The van der Waals surface area contributed by atoms with Crippen LogP contribution in [0.4, 0.5) is 17.1 Å². The highest BCUT2D eigenvalue weighted by Crippen LogP contribution is 2.58. The Morgan fingerprint density at radius 3 is 1.52 bits per heavy atom. The second-order valence-corrected chi connectivity index (χ2v) is 17.7. The molecule has 12 rings (SSSR count). The van der Waals surface area contributed by atoms with Crippen LogP contribution in [0.2, 0.25) is 0 Å². The normalized spacial score (nSPS) is 14.3. The Morgan fingerprint density at radius 2 is 0.867 bits per heavy atom. The SMILES string of the molecule is CC1(C)c2ccccc2-c2c(N(c3cccc4c3-c3ccccc3C4(C)C)c3ccc(-c4ccc5c(c4)c4ccccc4n5-c4ccccc4)c4ccccc34)cccc21. The summed E-state index contributed by atoms with van der Waals surface area (Å²) in [5, 5.41) is 4.96. The summed E-state index contributed by atoms with van der Waals surface area (Å²) in [6.07, 6.45) is 0. The Balaban J connectivity index is 1.13. The Hall–Kier alpha value is -7.16. The van der Waals surface area contributed by atoms with Crippen LogP contribution in [0.25, 0.3) is 71.6 Å². The zero-order chi connectivity index (χ0) is 40.3. The quantitative estimate of drug-likeness (QED) is 0.169. The second-order valence-electron chi connectivity index (χ2n) is 17.7. The van der Waals surface area contributed by atoms with Crippen LogP contribution in [0.15, 0.2) is 194 Å². The molecule has 1 heterocycles. The molecule has 1 aromatic heterocycles. The van der Waals surface area contributed by atoms with E-state index >= 15 is 0 Å². The van der Waals surface area contributed by atoms with Crippen molar-refractivity contribution in [2.45, 2.75) is 38.5 Å².